The summed E-state index contributed by atoms with van der Waals surface area (Å²) in [5.41, 5.74) is 5.03. The van der Waals surface area contributed by atoms with Gasteiger partial charge in [-0.05, 0) is 18.3 Å². The fourth-order valence-corrected chi connectivity index (χ4v) is 2.00. The molecule has 0 saturated heterocycles. The van der Waals surface area contributed by atoms with Crippen molar-refractivity contribution in [1.82, 2.24) is 0 Å². The molecule has 0 spiro atoms. The number of nitrogens with two attached hydrogens (primary N) is 1. The molecule has 0 aliphatic heterocycles. The van der Waals surface area contributed by atoms with Crippen molar-refractivity contribution in [2.75, 3.05) is 6.54 Å². The van der Waals surface area contributed by atoms with Crippen LogP contribution >= 0.6 is 0 Å². The van der Waals surface area contributed by atoms with Crippen molar-refractivity contribution in [3.8, 4) is 0 Å². The highest BCUT2D eigenvalue weighted by atomic mass is 16.3. The SMILES string of the molecule is CCCCC(CC)CC(O)(CN)C(C)C. The third kappa shape index (κ3) is 4.98. The molecule has 2 unspecified atom stereocenters. The molecule has 0 aromatic rings. The van der Waals surface area contributed by atoms with E-state index in [9.17, 15) is 5.11 Å². The van der Waals surface area contributed by atoms with Gasteiger partial charge in [-0.15, -0.1) is 0 Å². The minimum absolute atomic E-state index is 0.248. The van der Waals surface area contributed by atoms with Crippen molar-refractivity contribution in [2.24, 2.45) is 17.6 Å². The Balaban J connectivity index is 4.23. The van der Waals surface area contributed by atoms with Crippen molar-refractivity contribution >= 4 is 0 Å². The van der Waals surface area contributed by atoms with Crippen LogP contribution < -0.4 is 5.73 Å². The summed E-state index contributed by atoms with van der Waals surface area (Å²) < 4.78 is 0. The van der Waals surface area contributed by atoms with E-state index in [-0.39, 0.29) is 5.92 Å². The predicted molar refractivity (Wildman–Crippen MR) is 66.8 cm³/mol. The molecule has 0 aliphatic rings. The van der Waals surface area contributed by atoms with Crippen LogP contribution in [0.5, 0.6) is 0 Å². The molecule has 0 saturated carbocycles. The molecule has 0 fully saturated rings. The molecule has 0 aromatic heterocycles. The Morgan fingerprint density at radius 2 is 1.87 bits per heavy atom. The second kappa shape index (κ2) is 7.24. The molecule has 0 amide bonds. The Labute approximate surface area is 95.3 Å². The summed E-state index contributed by atoms with van der Waals surface area (Å²) in [4.78, 5) is 0. The third-order valence-corrected chi connectivity index (χ3v) is 3.61. The first-order chi connectivity index (χ1) is 7.00. The summed E-state index contributed by atoms with van der Waals surface area (Å²) in [5, 5.41) is 10.4. The van der Waals surface area contributed by atoms with Crippen LogP contribution in [0.2, 0.25) is 0 Å². The zero-order chi connectivity index (χ0) is 11.9. The van der Waals surface area contributed by atoms with Gasteiger partial charge in [0.05, 0.1) is 5.60 Å². The second-order valence-electron chi connectivity index (χ2n) is 5.08. The van der Waals surface area contributed by atoms with Gasteiger partial charge in [0.1, 0.15) is 0 Å². The normalized spacial score (nSPS) is 17.8. The Kier molecular flexibility index (Phi) is 7.20. The van der Waals surface area contributed by atoms with Crippen molar-refractivity contribution in [1.29, 1.82) is 0 Å². The van der Waals surface area contributed by atoms with E-state index in [1.54, 1.807) is 0 Å². The van der Waals surface area contributed by atoms with E-state index in [1.165, 1.54) is 19.3 Å². The van der Waals surface area contributed by atoms with E-state index in [0.29, 0.717) is 12.5 Å². The van der Waals surface area contributed by atoms with Crippen molar-refractivity contribution in [3.05, 3.63) is 0 Å². The third-order valence-electron chi connectivity index (χ3n) is 3.61. The lowest BCUT2D eigenvalue weighted by atomic mass is 9.79. The van der Waals surface area contributed by atoms with Crippen LogP contribution in [0.25, 0.3) is 0 Å². The molecule has 2 nitrogen and oxygen atoms in total. The average Bonchev–Trinajstić information content (AvgIpc) is 2.23. The van der Waals surface area contributed by atoms with Gasteiger partial charge < -0.3 is 10.8 Å². The van der Waals surface area contributed by atoms with Gasteiger partial charge in [0.2, 0.25) is 0 Å². The average molecular weight is 215 g/mol. The zero-order valence-electron chi connectivity index (χ0n) is 10.9. The van der Waals surface area contributed by atoms with Crippen molar-refractivity contribution in [3.63, 3.8) is 0 Å². The summed E-state index contributed by atoms with van der Waals surface area (Å²) in [6.07, 6.45) is 5.73. The van der Waals surface area contributed by atoms with Crippen molar-refractivity contribution < 1.29 is 5.11 Å². The van der Waals surface area contributed by atoms with E-state index in [1.807, 2.05) is 0 Å². The first-order valence-electron chi connectivity index (χ1n) is 6.42. The zero-order valence-corrected chi connectivity index (χ0v) is 10.9. The molecule has 0 rings (SSSR count). The number of rotatable bonds is 8. The number of aliphatic hydroxyl groups is 1. The molecule has 92 valence electrons. The lowest BCUT2D eigenvalue weighted by molar-refractivity contribution is -0.0201. The molecule has 0 radical (unpaired) electrons. The number of hydrogen-bond donors (Lipinski definition) is 2. The summed E-state index contributed by atoms with van der Waals surface area (Å²) >= 11 is 0. The lowest BCUT2D eigenvalue weighted by Crippen LogP contribution is -2.44. The van der Waals surface area contributed by atoms with Gasteiger partial charge in [-0.25, -0.2) is 0 Å². The smallest absolute Gasteiger partial charge is 0.0794 e. The van der Waals surface area contributed by atoms with Crippen LogP contribution in [0.15, 0.2) is 0 Å². The maximum Gasteiger partial charge on any atom is 0.0794 e. The van der Waals surface area contributed by atoms with E-state index in [2.05, 4.69) is 27.7 Å². The van der Waals surface area contributed by atoms with Gasteiger partial charge in [-0.3, -0.25) is 0 Å². The van der Waals surface area contributed by atoms with E-state index in [4.69, 9.17) is 5.73 Å². The first-order valence-corrected chi connectivity index (χ1v) is 6.42. The summed E-state index contributed by atoms with van der Waals surface area (Å²) in [7, 11) is 0. The topological polar surface area (TPSA) is 46.2 Å². The Bertz CT molecular complexity index is 159. The minimum atomic E-state index is -0.658. The van der Waals surface area contributed by atoms with Crippen LogP contribution in [0.3, 0.4) is 0 Å². The van der Waals surface area contributed by atoms with Gasteiger partial charge in [0, 0.05) is 6.54 Å². The number of hydrogen-bond acceptors (Lipinski definition) is 2. The number of unbranched alkanes of at least 4 members (excludes halogenated alkanes) is 1. The molecule has 0 heterocycles. The fraction of sp³-hybridized carbons (Fsp3) is 1.00. The monoisotopic (exact) mass is 215 g/mol. The van der Waals surface area contributed by atoms with Crippen LogP contribution in [0, 0.1) is 11.8 Å². The van der Waals surface area contributed by atoms with Crippen LogP contribution in [0.4, 0.5) is 0 Å². The summed E-state index contributed by atoms with van der Waals surface area (Å²) in [6, 6.07) is 0. The predicted octanol–water partition coefficient (Wildman–Crippen LogP) is 2.94. The Hall–Kier alpha value is -0.0800. The highest BCUT2D eigenvalue weighted by Gasteiger charge is 2.31. The molecular weight excluding hydrogens is 186 g/mol. The maximum absolute atomic E-state index is 10.4. The highest BCUT2D eigenvalue weighted by molar-refractivity contribution is 4.85. The van der Waals surface area contributed by atoms with E-state index in [0.717, 1.165) is 12.8 Å². The van der Waals surface area contributed by atoms with Crippen LogP contribution in [0.1, 0.15) is 59.8 Å². The maximum atomic E-state index is 10.4. The van der Waals surface area contributed by atoms with E-state index < -0.39 is 5.60 Å². The molecule has 15 heavy (non-hydrogen) atoms. The molecule has 0 aromatic carbocycles. The molecule has 2 atom stereocenters. The van der Waals surface area contributed by atoms with Gasteiger partial charge in [0.25, 0.3) is 0 Å². The quantitative estimate of drug-likeness (QED) is 0.654. The lowest BCUT2D eigenvalue weighted by Gasteiger charge is -2.34. The fourth-order valence-electron chi connectivity index (χ4n) is 2.00. The highest BCUT2D eigenvalue weighted by Crippen LogP contribution is 2.28. The van der Waals surface area contributed by atoms with Crippen LogP contribution in [-0.4, -0.2) is 17.3 Å². The van der Waals surface area contributed by atoms with Gasteiger partial charge in [0.15, 0.2) is 0 Å². The van der Waals surface area contributed by atoms with Gasteiger partial charge in [-0.1, -0.05) is 53.4 Å². The Morgan fingerprint density at radius 1 is 1.27 bits per heavy atom. The largest absolute Gasteiger partial charge is 0.388 e. The van der Waals surface area contributed by atoms with Gasteiger partial charge >= 0.3 is 0 Å². The summed E-state index contributed by atoms with van der Waals surface area (Å²) in [5.74, 6) is 0.874. The van der Waals surface area contributed by atoms with Crippen molar-refractivity contribution in [2.45, 2.75) is 65.4 Å². The summed E-state index contributed by atoms with van der Waals surface area (Å²) in [6.45, 7) is 8.91. The van der Waals surface area contributed by atoms with E-state index >= 15 is 0 Å². The molecule has 0 bridgehead atoms. The first kappa shape index (κ1) is 14.9. The molecule has 2 heteroatoms. The van der Waals surface area contributed by atoms with Crippen LogP contribution in [-0.2, 0) is 0 Å². The molecular formula is C13H29NO. The molecule has 3 N–H and O–H groups in total. The van der Waals surface area contributed by atoms with Gasteiger partial charge in [-0.2, -0.15) is 0 Å². The second-order valence-corrected chi connectivity index (χ2v) is 5.08. The Morgan fingerprint density at radius 3 is 2.20 bits per heavy atom. The standard InChI is InChI=1S/C13H29NO/c1-5-7-8-12(6-2)9-13(15,10-14)11(3)4/h11-12,15H,5-10,14H2,1-4H3. The minimum Gasteiger partial charge on any atom is -0.388 e. The molecule has 0 aliphatic carbocycles.